The van der Waals surface area contributed by atoms with Crippen LogP contribution in [0.3, 0.4) is 0 Å². The van der Waals surface area contributed by atoms with Gasteiger partial charge in [-0.25, -0.2) is 13.2 Å². The molecule has 1 aromatic heterocycles. The Labute approximate surface area is 232 Å². The molecule has 1 saturated carbocycles. The molecule has 2 N–H and O–H groups in total. The van der Waals surface area contributed by atoms with Crippen LogP contribution in [0, 0.1) is 0 Å². The largest absolute Gasteiger partial charge is 0.480 e. The van der Waals surface area contributed by atoms with Crippen molar-refractivity contribution in [3.63, 3.8) is 0 Å². The van der Waals surface area contributed by atoms with E-state index in [2.05, 4.69) is 14.4 Å². The summed E-state index contributed by atoms with van der Waals surface area (Å²) in [5, 5.41) is 13.0. The highest BCUT2D eigenvalue weighted by atomic mass is 32.3. The molecular formula is C25H26F3N3O7S2. The molecule has 0 spiro atoms. The minimum absolute atomic E-state index is 0.0437. The van der Waals surface area contributed by atoms with Crippen molar-refractivity contribution in [1.29, 1.82) is 0 Å². The lowest BCUT2D eigenvalue weighted by Gasteiger charge is -2.28. The Kier molecular flexibility index (Phi) is 7.42. The summed E-state index contributed by atoms with van der Waals surface area (Å²) in [6, 6.07) is 9.09. The van der Waals surface area contributed by atoms with Crippen LogP contribution in [0.15, 0.2) is 51.2 Å². The maximum absolute atomic E-state index is 13.4. The first-order chi connectivity index (χ1) is 18.9. The van der Waals surface area contributed by atoms with Crippen LogP contribution in [0.4, 0.5) is 18.0 Å². The van der Waals surface area contributed by atoms with E-state index in [-0.39, 0.29) is 29.4 Å². The van der Waals surface area contributed by atoms with Crippen LogP contribution in [0.1, 0.15) is 54.4 Å². The third kappa shape index (κ3) is 5.21. The average molecular weight is 602 g/mol. The smallest absolute Gasteiger partial charge is 0.452 e. The zero-order chi connectivity index (χ0) is 28.8. The van der Waals surface area contributed by atoms with E-state index in [0.29, 0.717) is 24.7 Å². The number of alkyl halides is 3. The zero-order valence-corrected chi connectivity index (χ0v) is 22.7. The lowest BCUT2D eigenvalue weighted by atomic mass is 9.91. The topological polar surface area (TPSA) is 139 Å². The van der Waals surface area contributed by atoms with E-state index < -0.39 is 50.2 Å². The standard InChI is InChI=1S/C25H26F3N3O7S2/c26-25(27,28)19-13-17(29-38-19)18-9-10-20(39-18)40(35,36)30-24(21(32)33)14-23(24,16-7-3-1-4-8-16)15-37-22(34)31-11-5-2-6-12-31/h1,3-4,7-8,10,13,18,30H,2,5-6,9,11-12,14-15H2,(H,32,33). The molecule has 3 aliphatic rings. The molecule has 2 aliphatic heterocycles. The lowest BCUT2D eigenvalue weighted by Crippen LogP contribution is -2.50. The molecule has 216 valence electrons. The molecule has 5 rings (SSSR count). The van der Waals surface area contributed by atoms with Gasteiger partial charge in [-0.15, -0.1) is 11.8 Å². The summed E-state index contributed by atoms with van der Waals surface area (Å²) < 4.78 is 77.6. The predicted molar refractivity (Wildman–Crippen MR) is 136 cm³/mol. The number of nitrogens with zero attached hydrogens (tertiary/aromatic N) is 2. The van der Waals surface area contributed by atoms with Crippen LogP contribution >= 0.6 is 11.8 Å². The number of allylic oxidation sites excluding steroid dienone is 1. The number of sulfonamides is 1. The van der Waals surface area contributed by atoms with Crippen molar-refractivity contribution < 1.29 is 45.5 Å². The Balaban J connectivity index is 1.36. The van der Waals surface area contributed by atoms with E-state index in [0.717, 1.165) is 31.0 Å². The van der Waals surface area contributed by atoms with Gasteiger partial charge in [-0.3, -0.25) is 4.79 Å². The third-order valence-corrected chi connectivity index (χ3v) is 10.9. The van der Waals surface area contributed by atoms with E-state index in [1.165, 1.54) is 6.08 Å². The molecule has 1 aliphatic carbocycles. The molecule has 2 aromatic rings. The number of carbonyl (C=O) groups excluding carboxylic acids is 1. The molecule has 1 saturated heterocycles. The van der Waals surface area contributed by atoms with Gasteiger partial charge in [0.1, 0.15) is 16.4 Å². The first-order valence-electron chi connectivity index (χ1n) is 12.5. The molecular weight excluding hydrogens is 575 g/mol. The van der Waals surface area contributed by atoms with E-state index >= 15 is 0 Å². The number of benzene rings is 1. The minimum atomic E-state index is -4.74. The molecule has 10 nitrogen and oxygen atoms in total. The number of carboxylic acids is 1. The van der Waals surface area contributed by atoms with Crippen molar-refractivity contribution in [2.24, 2.45) is 0 Å². The maximum atomic E-state index is 13.4. The van der Waals surface area contributed by atoms with Gasteiger partial charge in [0, 0.05) is 19.2 Å². The van der Waals surface area contributed by atoms with Gasteiger partial charge in [-0.1, -0.05) is 41.6 Å². The Bertz CT molecular complexity index is 1420. The number of hydrogen-bond donors (Lipinski definition) is 2. The number of amides is 1. The van der Waals surface area contributed by atoms with Crippen molar-refractivity contribution in [2.75, 3.05) is 19.7 Å². The molecule has 15 heteroatoms. The minimum Gasteiger partial charge on any atom is -0.480 e. The molecule has 3 unspecified atom stereocenters. The van der Waals surface area contributed by atoms with Crippen molar-refractivity contribution in [3.05, 3.63) is 63.7 Å². The number of piperidine rings is 1. The van der Waals surface area contributed by atoms with E-state index in [1.54, 1.807) is 35.2 Å². The molecule has 0 bridgehead atoms. The fourth-order valence-corrected chi connectivity index (χ4v) is 8.34. The third-order valence-electron chi connectivity index (χ3n) is 7.47. The summed E-state index contributed by atoms with van der Waals surface area (Å²) in [7, 11) is -4.44. The van der Waals surface area contributed by atoms with Crippen molar-refractivity contribution in [3.8, 4) is 0 Å². The Hall–Kier alpha value is -3.04. The molecule has 1 amide bonds. The summed E-state index contributed by atoms with van der Waals surface area (Å²) in [6.07, 6.45) is -1.50. The number of halogens is 3. The molecule has 0 radical (unpaired) electrons. The normalized spacial score (nSPS) is 26.8. The van der Waals surface area contributed by atoms with Gasteiger partial charge >= 0.3 is 18.2 Å². The van der Waals surface area contributed by atoms with E-state index in [4.69, 9.17) is 4.74 Å². The van der Waals surface area contributed by atoms with Crippen molar-refractivity contribution in [2.45, 2.75) is 54.5 Å². The van der Waals surface area contributed by atoms with Crippen LogP contribution in [0.2, 0.25) is 0 Å². The maximum Gasteiger partial charge on any atom is 0.452 e. The molecule has 3 heterocycles. The van der Waals surface area contributed by atoms with E-state index in [9.17, 15) is 36.3 Å². The van der Waals surface area contributed by atoms with Gasteiger partial charge in [-0.2, -0.15) is 17.9 Å². The second-order valence-electron chi connectivity index (χ2n) is 10.0. The summed E-state index contributed by atoms with van der Waals surface area (Å²) in [5.74, 6) is -2.74. The molecule has 40 heavy (non-hydrogen) atoms. The highest BCUT2D eigenvalue weighted by molar-refractivity contribution is 8.18. The number of rotatable bonds is 8. The number of nitrogens with one attached hydrogen (secondary N) is 1. The average Bonchev–Trinajstić information content (AvgIpc) is 3.30. The number of ether oxygens (including phenoxy) is 1. The van der Waals surface area contributed by atoms with Crippen LogP contribution in [0.25, 0.3) is 0 Å². The van der Waals surface area contributed by atoms with Gasteiger partial charge < -0.3 is 19.3 Å². The van der Waals surface area contributed by atoms with Gasteiger partial charge in [0.2, 0.25) is 15.8 Å². The highest BCUT2D eigenvalue weighted by Crippen LogP contribution is 2.59. The zero-order valence-electron chi connectivity index (χ0n) is 21.0. The van der Waals surface area contributed by atoms with Gasteiger partial charge in [-0.05, 0) is 37.7 Å². The van der Waals surface area contributed by atoms with Crippen LogP contribution < -0.4 is 4.72 Å². The fraction of sp³-hybridized carbons (Fsp3) is 0.480. The first-order valence-corrected chi connectivity index (χ1v) is 14.9. The van der Waals surface area contributed by atoms with Crippen molar-refractivity contribution >= 4 is 33.8 Å². The highest BCUT2D eigenvalue weighted by Gasteiger charge is 2.75. The van der Waals surface area contributed by atoms with Crippen molar-refractivity contribution in [1.82, 2.24) is 14.8 Å². The fourth-order valence-electron chi connectivity index (χ4n) is 5.23. The number of carboxylic acid groups (broad SMARTS) is 1. The Morgan fingerprint density at radius 3 is 2.52 bits per heavy atom. The summed E-state index contributed by atoms with van der Waals surface area (Å²) >= 11 is 0.744. The van der Waals surface area contributed by atoms with Gasteiger partial charge in [0.15, 0.2) is 0 Å². The van der Waals surface area contributed by atoms with Crippen LogP contribution in [0.5, 0.6) is 0 Å². The monoisotopic (exact) mass is 601 g/mol. The van der Waals surface area contributed by atoms with Crippen LogP contribution in [-0.4, -0.2) is 60.9 Å². The Morgan fingerprint density at radius 2 is 1.90 bits per heavy atom. The Morgan fingerprint density at radius 1 is 1.20 bits per heavy atom. The second kappa shape index (κ2) is 10.4. The van der Waals surface area contributed by atoms with Gasteiger partial charge in [0.25, 0.3) is 0 Å². The van der Waals surface area contributed by atoms with Crippen LogP contribution in [-0.2, 0) is 31.1 Å². The molecule has 1 aromatic carbocycles. The number of carbonyl (C=O) groups is 2. The summed E-state index contributed by atoms with van der Waals surface area (Å²) in [4.78, 5) is 26.9. The second-order valence-corrected chi connectivity index (χ2v) is 13.2. The quantitative estimate of drug-likeness (QED) is 0.450. The van der Waals surface area contributed by atoms with Gasteiger partial charge in [0.05, 0.1) is 16.4 Å². The molecule has 3 atom stereocenters. The summed E-state index contributed by atoms with van der Waals surface area (Å²) in [6.45, 7) is 0.682. The summed E-state index contributed by atoms with van der Waals surface area (Å²) in [5.41, 5.74) is -3.00. The lowest BCUT2D eigenvalue weighted by molar-refractivity contribution is -0.155. The van der Waals surface area contributed by atoms with E-state index in [1.807, 2.05) is 0 Å². The predicted octanol–water partition coefficient (Wildman–Crippen LogP) is 4.42. The SMILES string of the molecule is O=C(OCC1(c2ccccc2)CC1(NS(=O)(=O)C1=CCC(c2cc(C(F)(F)F)on2)S1)C(=O)O)N1CCCCC1. The first kappa shape index (κ1) is 28.5. The number of aromatic nitrogens is 1. The molecule has 2 fully saturated rings. The number of aliphatic carboxylic acids is 1. The number of hydrogen-bond acceptors (Lipinski definition) is 8. The number of likely N-dealkylation sites (tertiary alicyclic amines) is 1. The number of thioether (sulfide) groups is 1.